The van der Waals surface area contributed by atoms with E-state index in [1.54, 1.807) is 6.07 Å². The normalized spacial score (nSPS) is 15.4. The van der Waals surface area contributed by atoms with Gasteiger partial charge in [0.1, 0.15) is 17.8 Å². The molecule has 1 aromatic carbocycles. The minimum atomic E-state index is -0.202. The fraction of sp³-hybridized carbons (Fsp3) is 0.450. The molecule has 1 fully saturated rings. The summed E-state index contributed by atoms with van der Waals surface area (Å²) in [5.41, 5.74) is 2.34. The summed E-state index contributed by atoms with van der Waals surface area (Å²) in [4.78, 5) is 21.0. The standard InChI is InChI=1S/C20H26N4O/c1-2-15-9-7-8-12-17(15)24-20(25)18-13-19(22-14-21-18)23-16-10-5-3-4-6-11-16/h7-9,12-14,16H,2-6,10-11H2,1H3,(H,24,25)(H,21,22,23). The highest BCUT2D eigenvalue weighted by Crippen LogP contribution is 2.21. The van der Waals surface area contributed by atoms with E-state index in [1.807, 2.05) is 24.3 Å². The fourth-order valence-corrected chi connectivity index (χ4v) is 3.33. The van der Waals surface area contributed by atoms with Gasteiger partial charge < -0.3 is 10.6 Å². The molecule has 0 atom stereocenters. The first-order valence-corrected chi connectivity index (χ1v) is 9.24. The Bertz CT molecular complexity index is 708. The molecular formula is C20H26N4O. The third kappa shape index (κ3) is 4.78. The molecule has 1 aliphatic rings. The lowest BCUT2D eigenvalue weighted by molar-refractivity contribution is 0.102. The number of rotatable bonds is 5. The van der Waals surface area contributed by atoms with Gasteiger partial charge in [-0.15, -0.1) is 0 Å². The Morgan fingerprint density at radius 3 is 2.64 bits per heavy atom. The highest BCUT2D eigenvalue weighted by atomic mass is 16.1. The van der Waals surface area contributed by atoms with Crippen LogP contribution in [0.15, 0.2) is 36.7 Å². The van der Waals surface area contributed by atoms with E-state index < -0.39 is 0 Å². The van der Waals surface area contributed by atoms with Crippen molar-refractivity contribution in [3.05, 3.63) is 47.9 Å². The zero-order valence-corrected chi connectivity index (χ0v) is 14.8. The minimum Gasteiger partial charge on any atom is -0.367 e. The monoisotopic (exact) mass is 338 g/mol. The Balaban J connectivity index is 1.68. The molecule has 5 heteroatoms. The van der Waals surface area contributed by atoms with Gasteiger partial charge in [-0.2, -0.15) is 0 Å². The number of aromatic nitrogens is 2. The Kier molecular flexibility index (Phi) is 5.99. The number of carbonyl (C=O) groups is 1. The molecule has 0 saturated heterocycles. The van der Waals surface area contributed by atoms with Crippen LogP contribution in [-0.4, -0.2) is 21.9 Å². The average molecular weight is 338 g/mol. The Morgan fingerprint density at radius 1 is 1.12 bits per heavy atom. The Hall–Kier alpha value is -2.43. The Morgan fingerprint density at radius 2 is 1.88 bits per heavy atom. The van der Waals surface area contributed by atoms with E-state index in [0.717, 1.165) is 36.3 Å². The molecule has 1 saturated carbocycles. The van der Waals surface area contributed by atoms with Crippen LogP contribution in [0.2, 0.25) is 0 Å². The topological polar surface area (TPSA) is 66.9 Å². The number of benzene rings is 1. The lowest BCUT2D eigenvalue weighted by atomic mass is 10.1. The smallest absolute Gasteiger partial charge is 0.274 e. The molecule has 25 heavy (non-hydrogen) atoms. The highest BCUT2D eigenvalue weighted by molar-refractivity contribution is 6.03. The lowest BCUT2D eigenvalue weighted by Gasteiger charge is -2.17. The van der Waals surface area contributed by atoms with Gasteiger partial charge in [0.15, 0.2) is 0 Å². The van der Waals surface area contributed by atoms with Crippen LogP contribution in [0.25, 0.3) is 0 Å². The minimum absolute atomic E-state index is 0.202. The van der Waals surface area contributed by atoms with E-state index in [1.165, 1.54) is 32.0 Å². The maximum absolute atomic E-state index is 12.6. The number of nitrogens with one attached hydrogen (secondary N) is 2. The first-order valence-electron chi connectivity index (χ1n) is 9.24. The van der Waals surface area contributed by atoms with E-state index in [9.17, 15) is 4.79 Å². The van der Waals surface area contributed by atoms with Crippen molar-refractivity contribution in [2.45, 2.75) is 57.9 Å². The maximum Gasteiger partial charge on any atom is 0.274 e. The number of amides is 1. The van der Waals surface area contributed by atoms with Crippen LogP contribution >= 0.6 is 0 Å². The SMILES string of the molecule is CCc1ccccc1NC(=O)c1cc(NC2CCCCCC2)ncn1. The molecule has 5 nitrogen and oxygen atoms in total. The summed E-state index contributed by atoms with van der Waals surface area (Å²) >= 11 is 0. The Labute approximate surface area is 149 Å². The van der Waals surface area contributed by atoms with Gasteiger partial charge in [0, 0.05) is 17.8 Å². The largest absolute Gasteiger partial charge is 0.367 e. The van der Waals surface area contributed by atoms with Gasteiger partial charge in [-0.25, -0.2) is 9.97 Å². The number of carbonyl (C=O) groups excluding carboxylic acids is 1. The summed E-state index contributed by atoms with van der Waals surface area (Å²) in [5, 5.41) is 6.43. The van der Waals surface area contributed by atoms with Gasteiger partial charge in [0.05, 0.1) is 0 Å². The molecule has 1 aliphatic carbocycles. The summed E-state index contributed by atoms with van der Waals surface area (Å²) in [6.07, 6.45) is 9.78. The van der Waals surface area contributed by atoms with Crippen molar-refractivity contribution in [3.63, 3.8) is 0 Å². The van der Waals surface area contributed by atoms with Gasteiger partial charge >= 0.3 is 0 Å². The summed E-state index contributed by atoms with van der Waals surface area (Å²) in [6.45, 7) is 2.07. The zero-order valence-electron chi connectivity index (χ0n) is 14.8. The molecule has 1 heterocycles. The molecule has 0 bridgehead atoms. The third-order valence-corrected chi connectivity index (χ3v) is 4.75. The first-order chi connectivity index (χ1) is 12.3. The van der Waals surface area contributed by atoms with Crippen LogP contribution in [0.5, 0.6) is 0 Å². The van der Waals surface area contributed by atoms with Gasteiger partial charge in [0.25, 0.3) is 5.91 Å². The van der Waals surface area contributed by atoms with Crippen LogP contribution in [0.1, 0.15) is 61.5 Å². The number of anilines is 2. The molecule has 0 radical (unpaired) electrons. The van der Waals surface area contributed by atoms with Gasteiger partial charge in [-0.05, 0) is 30.9 Å². The van der Waals surface area contributed by atoms with Crippen LogP contribution in [0, 0.1) is 0 Å². The predicted molar refractivity (Wildman–Crippen MR) is 101 cm³/mol. The highest BCUT2D eigenvalue weighted by Gasteiger charge is 2.15. The number of para-hydroxylation sites is 1. The van der Waals surface area contributed by atoms with Gasteiger partial charge in [-0.3, -0.25) is 4.79 Å². The quantitative estimate of drug-likeness (QED) is 0.792. The van der Waals surface area contributed by atoms with Crippen LogP contribution in [-0.2, 0) is 6.42 Å². The van der Waals surface area contributed by atoms with Crippen molar-refractivity contribution in [1.29, 1.82) is 0 Å². The van der Waals surface area contributed by atoms with E-state index in [0.29, 0.717) is 11.7 Å². The van der Waals surface area contributed by atoms with E-state index in [2.05, 4.69) is 27.5 Å². The summed E-state index contributed by atoms with van der Waals surface area (Å²) in [6, 6.07) is 10.0. The third-order valence-electron chi connectivity index (χ3n) is 4.75. The second-order valence-corrected chi connectivity index (χ2v) is 6.59. The van der Waals surface area contributed by atoms with Crippen LogP contribution in [0.4, 0.5) is 11.5 Å². The number of nitrogens with zero attached hydrogens (tertiary/aromatic N) is 2. The summed E-state index contributed by atoms with van der Waals surface area (Å²) in [5.74, 6) is 0.531. The number of hydrogen-bond donors (Lipinski definition) is 2. The second-order valence-electron chi connectivity index (χ2n) is 6.59. The zero-order chi connectivity index (χ0) is 17.5. The van der Waals surface area contributed by atoms with Crippen LogP contribution in [0.3, 0.4) is 0 Å². The molecule has 0 spiro atoms. The number of hydrogen-bond acceptors (Lipinski definition) is 4. The summed E-state index contributed by atoms with van der Waals surface area (Å²) < 4.78 is 0. The fourth-order valence-electron chi connectivity index (χ4n) is 3.33. The molecule has 3 rings (SSSR count). The van der Waals surface area contributed by atoms with E-state index >= 15 is 0 Å². The van der Waals surface area contributed by atoms with Crippen molar-refractivity contribution >= 4 is 17.4 Å². The van der Waals surface area contributed by atoms with Crippen LogP contribution < -0.4 is 10.6 Å². The molecule has 1 amide bonds. The average Bonchev–Trinajstić information content (AvgIpc) is 2.91. The molecule has 2 aromatic rings. The molecule has 0 aliphatic heterocycles. The molecule has 2 N–H and O–H groups in total. The van der Waals surface area contributed by atoms with E-state index in [4.69, 9.17) is 0 Å². The van der Waals surface area contributed by atoms with Gasteiger partial charge in [-0.1, -0.05) is 50.8 Å². The molecular weight excluding hydrogens is 312 g/mol. The first kappa shape index (κ1) is 17.4. The second kappa shape index (κ2) is 8.60. The van der Waals surface area contributed by atoms with Crippen molar-refractivity contribution in [1.82, 2.24) is 9.97 Å². The molecule has 0 unspecified atom stereocenters. The van der Waals surface area contributed by atoms with Crippen molar-refractivity contribution in [3.8, 4) is 0 Å². The lowest BCUT2D eigenvalue weighted by Crippen LogP contribution is -2.20. The van der Waals surface area contributed by atoms with Crippen molar-refractivity contribution < 1.29 is 4.79 Å². The number of aryl methyl sites for hydroxylation is 1. The maximum atomic E-state index is 12.6. The van der Waals surface area contributed by atoms with Crippen molar-refractivity contribution in [2.75, 3.05) is 10.6 Å². The van der Waals surface area contributed by atoms with E-state index in [-0.39, 0.29) is 5.91 Å². The van der Waals surface area contributed by atoms with Gasteiger partial charge in [0.2, 0.25) is 0 Å². The molecule has 132 valence electrons. The van der Waals surface area contributed by atoms with Crippen molar-refractivity contribution in [2.24, 2.45) is 0 Å². The molecule has 1 aromatic heterocycles. The summed E-state index contributed by atoms with van der Waals surface area (Å²) in [7, 11) is 0. The predicted octanol–water partition coefficient (Wildman–Crippen LogP) is 4.43.